The summed E-state index contributed by atoms with van der Waals surface area (Å²) in [5.74, 6) is 0.934. The zero-order chi connectivity index (χ0) is 13.5. The van der Waals surface area contributed by atoms with E-state index in [1.807, 2.05) is 24.3 Å². The third kappa shape index (κ3) is 2.38. The van der Waals surface area contributed by atoms with Gasteiger partial charge in [-0.3, -0.25) is 0 Å². The highest BCUT2D eigenvalue weighted by atomic mass is 16.5. The van der Waals surface area contributed by atoms with Crippen LogP contribution < -0.4 is 4.74 Å². The van der Waals surface area contributed by atoms with E-state index in [0.29, 0.717) is 6.10 Å². The molecule has 0 amide bonds. The lowest BCUT2D eigenvalue weighted by atomic mass is 9.62. The quantitative estimate of drug-likeness (QED) is 0.889. The van der Waals surface area contributed by atoms with Crippen molar-refractivity contribution in [1.29, 1.82) is 0 Å². The van der Waals surface area contributed by atoms with Gasteiger partial charge in [0.2, 0.25) is 0 Å². The minimum absolute atomic E-state index is 0.0515. The topological polar surface area (TPSA) is 29.5 Å². The molecule has 0 heterocycles. The first-order chi connectivity index (χ1) is 9.01. The van der Waals surface area contributed by atoms with E-state index >= 15 is 0 Å². The van der Waals surface area contributed by atoms with Crippen LogP contribution in [0.3, 0.4) is 0 Å². The standard InChI is InChI=1S/C17H24O2/c1-16(2)11-3-4-12-17(16,18)13-5-7-14(8-6-13)19-15-9-10-15/h5-8,15,18H,3-4,9-12H2,1-2H3. The maximum atomic E-state index is 11.1. The lowest BCUT2D eigenvalue weighted by molar-refractivity contribution is -0.103. The Bertz CT molecular complexity index is 445. The van der Waals surface area contributed by atoms with Crippen molar-refractivity contribution in [1.82, 2.24) is 0 Å². The van der Waals surface area contributed by atoms with Gasteiger partial charge in [-0.05, 0) is 48.8 Å². The molecule has 2 fully saturated rings. The van der Waals surface area contributed by atoms with Gasteiger partial charge in [-0.25, -0.2) is 0 Å². The monoisotopic (exact) mass is 260 g/mol. The average Bonchev–Trinajstić information content (AvgIpc) is 3.18. The van der Waals surface area contributed by atoms with Gasteiger partial charge < -0.3 is 9.84 Å². The molecule has 104 valence electrons. The molecule has 1 aromatic carbocycles. The van der Waals surface area contributed by atoms with Crippen LogP contribution in [0.2, 0.25) is 0 Å². The van der Waals surface area contributed by atoms with Gasteiger partial charge in [0.1, 0.15) is 5.75 Å². The lowest BCUT2D eigenvalue weighted by Crippen LogP contribution is -2.44. The minimum Gasteiger partial charge on any atom is -0.490 e. The maximum absolute atomic E-state index is 11.1. The predicted octanol–water partition coefficient (Wildman–Crippen LogP) is 4.02. The van der Waals surface area contributed by atoms with Gasteiger partial charge in [-0.2, -0.15) is 0 Å². The highest BCUT2D eigenvalue weighted by Gasteiger charge is 2.46. The lowest BCUT2D eigenvalue weighted by Gasteiger charge is -2.47. The molecule has 1 unspecified atom stereocenters. The zero-order valence-electron chi connectivity index (χ0n) is 12.0. The number of aliphatic hydroxyl groups is 1. The Morgan fingerprint density at radius 1 is 1.05 bits per heavy atom. The fraction of sp³-hybridized carbons (Fsp3) is 0.647. The Hall–Kier alpha value is -1.02. The molecule has 0 aromatic heterocycles. The van der Waals surface area contributed by atoms with Crippen molar-refractivity contribution >= 4 is 0 Å². The van der Waals surface area contributed by atoms with Gasteiger partial charge in [0.15, 0.2) is 0 Å². The SMILES string of the molecule is CC1(C)CCCCC1(O)c1ccc(OC2CC2)cc1. The van der Waals surface area contributed by atoms with Crippen molar-refractivity contribution in [2.45, 2.75) is 64.1 Å². The minimum atomic E-state index is -0.691. The number of benzene rings is 1. The molecular formula is C17H24O2. The molecule has 3 rings (SSSR count). The summed E-state index contributed by atoms with van der Waals surface area (Å²) in [5.41, 5.74) is 0.299. The van der Waals surface area contributed by atoms with Gasteiger partial charge >= 0.3 is 0 Å². The van der Waals surface area contributed by atoms with Crippen LogP contribution in [0.15, 0.2) is 24.3 Å². The second-order valence-corrected chi connectivity index (χ2v) is 6.79. The first-order valence-corrected chi connectivity index (χ1v) is 7.51. The van der Waals surface area contributed by atoms with Crippen LogP contribution in [0.5, 0.6) is 5.75 Å². The van der Waals surface area contributed by atoms with E-state index in [4.69, 9.17) is 4.74 Å². The van der Waals surface area contributed by atoms with Gasteiger partial charge in [0.05, 0.1) is 11.7 Å². The number of hydrogen-bond acceptors (Lipinski definition) is 2. The summed E-state index contributed by atoms with van der Waals surface area (Å²) in [4.78, 5) is 0. The Kier molecular flexibility index (Phi) is 3.09. The van der Waals surface area contributed by atoms with Gasteiger partial charge in [-0.1, -0.05) is 38.8 Å². The van der Waals surface area contributed by atoms with Crippen LogP contribution in [0.25, 0.3) is 0 Å². The van der Waals surface area contributed by atoms with Crippen molar-refractivity contribution in [3.05, 3.63) is 29.8 Å². The molecule has 0 bridgehead atoms. The molecule has 19 heavy (non-hydrogen) atoms. The summed E-state index contributed by atoms with van der Waals surface area (Å²) in [6.07, 6.45) is 7.07. The molecule has 2 aliphatic rings. The van der Waals surface area contributed by atoms with E-state index in [1.54, 1.807) is 0 Å². The van der Waals surface area contributed by atoms with Crippen LogP contribution >= 0.6 is 0 Å². The van der Waals surface area contributed by atoms with E-state index in [-0.39, 0.29) is 5.41 Å². The number of rotatable bonds is 3. The molecule has 2 heteroatoms. The van der Waals surface area contributed by atoms with Crippen LogP contribution in [0.4, 0.5) is 0 Å². The predicted molar refractivity (Wildman–Crippen MR) is 76.2 cm³/mol. The fourth-order valence-corrected chi connectivity index (χ4v) is 3.22. The molecule has 2 nitrogen and oxygen atoms in total. The van der Waals surface area contributed by atoms with Crippen LogP contribution in [0.1, 0.15) is 57.9 Å². The number of ether oxygens (including phenoxy) is 1. The van der Waals surface area contributed by atoms with Crippen LogP contribution in [-0.2, 0) is 5.60 Å². The van der Waals surface area contributed by atoms with E-state index in [1.165, 1.54) is 19.3 Å². The fourth-order valence-electron chi connectivity index (χ4n) is 3.22. The summed E-state index contributed by atoms with van der Waals surface area (Å²) in [5, 5.41) is 11.1. The molecule has 0 aliphatic heterocycles. The van der Waals surface area contributed by atoms with E-state index in [2.05, 4.69) is 13.8 Å². The molecule has 0 saturated heterocycles. The van der Waals surface area contributed by atoms with Gasteiger partial charge in [0, 0.05) is 0 Å². The molecule has 2 aliphatic carbocycles. The average molecular weight is 260 g/mol. The first kappa shape index (κ1) is 13.0. The Morgan fingerprint density at radius 3 is 2.26 bits per heavy atom. The Morgan fingerprint density at radius 2 is 1.68 bits per heavy atom. The zero-order valence-corrected chi connectivity index (χ0v) is 12.0. The third-order valence-electron chi connectivity index (χ3n) is 4.87. The van der Waals surface area contributed by atoms with Crippen LogP contribution in [0, 0.1) is 5.41 Å². The van der Waals surface area contributed by atoms with Crippen molar-refractivity contribution < 1.29 is 9.84 Å². The summed E-state index contributed by atoms with van der Waals surface area (Å²) < 4.78 is 5.77. The van der Waals surface area contributed by atoms with E-state index < -0.39 is 5.60 Å². The molecule has 2 saturated carbocycles. The summed E-state index contributed by atoms with van der Waals surface area (Å²) >= 11 is 0. The second-order valence-electron chi connectivity index (χ2n) is 6.79. The summed E-state index contributed by atoms with van der Waals surface area (Å²) in [6.45, 7) is 4.36. The molecule has 0 spiro atoms. The Balaban J connectivity index is 1.83. The molecule has 1 N–H and O–H groups in total. The maximum Gasteiger partial charge on any atom is 0.119 e. The van der Waals surface area contributed by atoms with E-state index in [9.17, 15) is 5.11 Å². The summed E-state index contributed by atoms with van der Waals surface area (Å²) in [6, 6.07) is 8.11. The summed E-state index contributed by atoms with van der Waals surface area (Å²) in [7, 11) is 0. The molecule has 1 aromatic rings. The Labute approximate surface area is 115 Å². The van der Waals surface area contributed by atoms with Crippen molar-refractivity contribution in [3.8, 4) is 5.75 Å². The molecular weight excluding hydrogens is 236 g/mol. The molecule has 1 atom stereocenters. The van der Waals surface area contributed by atoms with E-state index in [0.717, 1.165) is 30.6 Å². The largest absolute Gasteiger partial charge is 0.490 e. The highest BCUT2D eigenvalue weighted by Crippen LogP contribution is 2.50. The van der Waals surface area contributed by atoms with Crippen molar-refractivity contribution in [3.63, 3.8) is 0 Å². The van der Waals surface area contributed by atoms with Gasteiger partial charge in [-0.15, -0.1) is 0 Å². The highest BCUT2D eigenvalue weighted by molar-refractivity contribution is 5.33. The normalized spacial score (nSPS) is 30.1. The first-order valence-electron chi connectivity index (χ1n) is 7.51. The van der Waals surface area contributed by atoms with Crippen molar-refractivity contribution in [2.75, 3.05) is 0 Å². The molecule has 0 radical (unpaired) electrons. The van der Waals surface area contributed by atoms with Gasteiger partial charge in [0.25, 0.3) is 0 Å². The smallest absolute Gasteiger partial charge is 0.119 e. The second kappa shape index (κ2) is 4.52. The number of hydrogen-bond donors (Lipinski definition) is 1. The third-order valence-corrected chi connectivity index (χ3v) is 4.87. The van der Waals surface area contributed by atoms with Crippen LogP contribution in [-0.4, -0.2) is 11.2 Å². The van der Waals surface area contributed by atoms with Crippen molar-refractivity contribution in [2.24, 2.45) is 5.41 Å².